The van der Waals surface area contributed by atoms with Gasteiger partial charge in [-0.25, -0.2) is 4.79 Å². The Hall–Kier alpha value is -2.42. The zero-order chi connectivity index (χ0) is 19.3. The maximum absolute atomic E-state index is 10.9. The summed E-state index contributed by atoms with van der Waals surface area (Å²) in [5, 5.41) is 0. The summed E-state index contributed by atoms with van der Waals surface area (Å²) in [6.45, 7) is 3.83. The number of nitrogens with zero attached hydrogens (tertiary/aromatic N) is 1. The van der Waals surface area contributed by atoms with Crippen LogP contribution in [0.3, 0.4) is 0 Å². The van der Waals surface area contributed by atoms with Gasteiger partial charge >= 0.3 is 17.9 Å². The molecule has 24 heavy (non-hydrogen) atoms. The van der Waals surface area contributed by atoms with Crippen LogP contribution in [0.2, 0.25) is 0 Å². The lowest BCUT2D eigenvalue weighted by Crippen LogP contribution is -2.21. The summed E-state index contributed by atoms with van der Waals surface area (Å²) < 4.78 is 13.1. The number of hydrogen-bond donors (Lipinski definition) is 1. The summed E-state index contributed by atoms with van der Waals surface area (Å²) in [5.41, 5.74) is 4.60. The van der Waals surface area contributed by atoms with E-state index in [2.05, 4.69) is 26.5 Å². The number of methoxy groups -OCH3 is 3. The second kappa shape index (κ2) is 13.1. The van der Waals surface area contributed by atoms with Gasteiger partial charge in [-0.15, -0.1) is 0 Å². The van der Waals surface area contributed by atoms with Crippen molar-refractivity contribution in [3.63, 3.8) is 0 Å². The Balaban J connectivity index is 0. The van der Waals surface area contributed by atoms with Gasteiger partial charge in [0.05, 0.1) is 33.7 Å². The highest BCUT2D eigenvalue weighted by Gasteiger charge is 2.32. The maximum Gasteiger partial charge on any atom is 0.333 e. The first-order valence-corrected chi connectivity index (χ1v) is 6.99. The summed E-state index contributed by atoms with van der Waals surface area (Å²) in [5.74, 6) is -1.61. The molecule has 0 radical (unpaired) electrons. The Labute approximate surface area is 141 Å². The largest absolute Gasteiger partial charge is 0.469 e. The average molecular weight is 346 g/mol. The van der Waals surface area contributed by atoms with E-state index in [9.17, 15) is 19.2 Å². The second-order valence-electron chi connectivity index (χ2n) is 4.55. The van der Waals surface area contributed by atoms with Crippen molar-refractivity contribution in [2.24, 2.45) is 11.7 Å². The van der Waals surface area contributed by atoms with Gasteiger partial charge in [-0.2, -0.15) is 0 Å². The number of carbonyl (C=O) groups is 4. The van der Waals surface area contributed by atoms with E-state index >= 15 is 0 Å². The van der Waals surface area contributed by atoms with Crippen molar-refractivity contribution in [1.29, 1.82) is 0 Å². The number of esters is 3. The highest BCUT2D eigenvalue weighted by atomic mass is 16.5. The maximum atomic E-state index is 10.9. The van der Waals surface area contributed by atoms with E-state index in [1.54, 1.807) is 11.9 Å². The minimum atomic E-state index is -0.588. The zero-order valence-corrected chi connectivity index (χ0v) is 14.8. The van der Waals surface area contributed by atoms with Crippen LogP contribution in [0.15, 0.2) is 12.2 Å². The molecule has 0 spiro atoms. The predicted molar refractivity (Wildman–Crippen MR) is 85.7 cm³/mol. The molecule has 0 aromatic rings. The molecule has 1 aliphatic heterocycles. The summed E-state index contributed by atoms with van der Waals surface area (Å²) in [7, 11) is 6.99. The van der Waals surface area contributed by atoms with E-state index in [0.717, 1.165) is 0 Å². The van der Waals surface area contributed by atoms with Crippen molar-refractivity contribution in [3.05, 3.63) is 12.2 Å². The summed E-state index contributed by atoms with van der Waals surface area (Å²) in [4.78, 5) is 44.6. The molecule has 1 unspecified atom stereocenters. The van der Waals surface area contributed by atoms with Crippen LogP contribution in [0.25, 0.3) is 0 Å². The SMILES string of the molecule is C=C(CC(=O)OC)C(=O)OC.CN.COC(=O)C1CC(=O)N(C)C1. The summed E-state index contributed by atoms with van der Waals surface area (Å²) in [6, 6.07) is 0. The number of rotatable bonds is 4. The van der Waals surface area contributed by atoms with Crippen LogP contribution in [0, 0.1) is 5.92 Å². The Bertz CT molecular complexity index is 463. The lowest BCUT2D eigenvalue weighted by molar-refractivity contribution is -0.145. The average Bonchev–Trinajstić information content (AvgIpc) is 2.94. The Morgan fingerprint density at radius 2 is 1.71 bits per heavy atom. The zero-order valence-electron chi connectivity index (χ0n) is 14.8. The highest BCUT2D eigenvalue weighted by Crippen LogP contribution is 2.16. The minimum Gasteiger partial charge on any atom is -0.469 e. The fraction of sp³-hybridized carbons (Fsp3) is 0.600. The first-order valence-electron chi connectivity index (χ1n) is 6.99. The molecule has 0 saturated carbocycles. The molecular formula is C15H26N2O7. The van der Waals surface area contributed by atoms with Crippen LogP contribution in [0.5, 0.6) is 0 Å². The number of carbonyl (C=O) groups excluding carboxylic acids is 4. The van der Waals surface area contributed by atoms with Gasteiger partial charge in [0.1, 0.15) is 0 Å². The molecule has 1 heterocycles. The monoisotopic (exact) mass is 346 g/mol. The van der Waals surface area contributed by atoms with Gasteiger partial charge in [0.25, 0.3) is 0 Å². The van der Waals surface area contributed by atoms with Crippen LogP contribution in [-0.2, 0) is 33.4 Å². The molecule has 1 saturated heterocycles. The standard InChI is InChI=1S/C7H11NO3.C7H10O4.CH5N/c1-8-4-5(3-6(8)9)7(10)11-2;1-5(7(9)11-3)4-6(8)10-2;1-2/h5H,3-4H2,1-2H3;1,4H2,2-3H3;2H2,1H3. The van der Waals surface area contributed by atoms with Gasteiger partial charge in [0.15, 0.2) is 0 Å². The van der Waals surface area contributed by atoms with Crippen molar-refractivity contribution in [2.75, 3.05) is 42.0 Å². The normalized spacial score (nSPS) is 15.2. The van der Waals surface area contributed by atoms with Crippen LogP contribution < -0.4 is 5.73 Å². The van der Waals surface area contributed by atoms with Gasteiger partial charge in [0, 0.05) is 25.6 Å². The Morgan fingerprint density at radius 1 is 1.17 bits per heavy atom. The Morgan fingerprint density at radius 3 is 2.04 bits per heavy atom. The van der Waals surface area contributed by atoms with Crippen LogP contribution >= 0.6 is 0 Å². The molecule has 2 N–H and O–H groups in total. The number of nitrogens with two attached hydrogens (primary N) is 1. The van der Waals surface area contributed by atoms with Gasteiger partial charge in [0.2, 0.25) is 5.91 Å². The third kappa shape index (κ3) is 8.89. The minimum absolute atomic E-state index is 0.0143. The first-order chi connectivity index (χ1) is 11.3. The van der Waals surface area contributed by atoms with E-state index in [4.69, 9.17) is 0 Å². The van der Waals surface area contributed by atoms with Gasteiger partial charge in [-0.1, -0.05) is 6.58 Å². The fourth-order valence-corrected chi connectivity index (χ4v) is 1.65. The molecule has 1 aliphatic rings. The molecule has 0 aromatic heterocycles. The lowest BCUT2D eigenvalue weighted by atomic mass is 10.1. The van der Waals surface area contributed by atoms with Gasteiger partial charge in [-0.3, -0.25) is 14.4 Å². The molecule has 1 fully saturated rings. The van der Waals surface area contributed by atoms with Gasteiger partial charge in [-0.05, 0) is 7.05 Å². The van der Waals surface area contributed by atoms with Crippen molar-refractivity contribution < 1.29 is 33.4 Å². The molecule has 1 amide bonds. The fourth-order valence-electron chi connectivity index (χ4n) is 1.65. The molecule has 0 bridgehead atoms. The molecule has 1 rings (SSSR count). The smallest absolute Gasteiger partial charge is 0.333 e. The molecular weight excluding hydrogens is 320 g/mol. The predicted octanol–water partition coefficient (Wildman–Crippen LogP) is -0.509. The van der Waals surface area contributed by atoms with Gasteiger partial charge < -0.3 is 24.8 Å². The molecule has 138 valence electrons. The van der Waals surface area contributed by atoms with Crippen LogP contribution in [0.1, 0.15) is 12.8 Å². The van der Waals surface area contributed by atoms with E-state index < -0.39 is 11.9 Å². The van der Waals surface area contributed by atoms with E-state index in [-0.39, 0.29) is 29.8 Å². The summed E-state index contributed by atoms with van der Waals surface area (Å²) >= 11 is 0. The van der Waals surface area contributed by atoms with Crippen molar-refractivity contribution in [3.8, 4) is 0 Å². The molecule has 1 atom stereocenters. The lowest BCUT2D eigenvalue weighted by Gasteiger charge is -2.07. The van der Waals surface area contributed by atoms with E-state index in [0.29, 0.717) is 13.0 Å². The number of ether oxygens (including phenoxy) is 3. The van der Waals surface area contributed by atoms with Crippen molar-refractivity contribution >= 4 is 23.8 Å². The van der Waals surface area contributed by atoms with Crippen LogP contribution in [0.4, 0.5) is 0 Å². The third-order valence-corrected chi connectivity index (χ3v) is 2.94. The molecule has 0 aromatic carbocycles. The third-order valence-electron chi connectivity index (χ3n) is 2.94. The number of amides is 1. The summed E-state index contributed by atoms with van der Waals surface area (Å²) in [6.07, 6.45) is 0.173. The van der Waals surface area contributed by atoms with Crippen molar-refractivity contribution in [2.45, 2.75) is 12.8 Å². The van der Waals surface area contributed by atoms with E-state index in [1.165, 1.54) is 28.4 Å². The molecule has 0 aliphatic carbocycles. The number of likely N-dealkylation sites (tertiary alicyclic amines) is 1. The molecule has 9 nitrogen and oxygen atoms in total. The quantitative estimate of drug-likeness (QED) is 0.410. The first kappa shape index (κ1) is 23.8. The van der Waals surface area contributed by atoms with E-state index in [1.807, 2.05) is 0 Å². The van der Waals surface area contributed by atoms with Crippen molar-refractivity contribution in [1.82, 2.24) is 4.90 Å². The number of hydrogen-bond acceptors (Lipinski definition) is 8. The van der Waals surface area contributed by atoms with Crippen LogP contribution in [-0.4, -0.2) is 70.7 Å². The second-order valence-corrected chi connectivity index (χ2v) is 4.55. The molecule has 9 heteroatoms. The topological polar surface area (TPSA) is 125 Å². The highest BCUT2D eigenvalue weighted by molar-refractivity contribution is 5.93. The Kier molecular flexibility index (Phi) is 13.0.